The van der Waals surface area contributed by atoms with Crippen LogP contribution in [0.5, 0.6) is 11.5 Å². The first-order valence-corrected chi connectivity index (χ1v) is 8.16. The number of nitrogens with one attached hydrogen (secondary N) is 1. The topological polar surface area (TPSA) is 64.6 Å². The molecule has 0 saturated heterocycles. The Labute approximate surface area is 151 Å². The summed E-state index contributed by atoms with van der Waals surface area (Å²) in [5.74, 6) is 0.225. The van der Waals surface area contributed by atoms with Crippen LogP contribution in [0.25, 0.3) is 0 Å². The SMILES string of the molecule is COc1cc(C(=O)Nc2ccccc2C(C)=O)cc(Cl)c1OC(C)C. The van der Waals surface area contributed by atoms with E-state index in [0.717, 1.165) is 0 Å². The molecule has 0 aromatic heterocycles. The van der Waals surface area contributed by atoms with Gasteiger partial charge in [0.1, 0.15) is 0 Å². The van der Waals surface area contributed by atoms with Crippen LogP contribution in [0.4, 0.5) is 5.69 Å². The van der Waals surface area contributed by atoms with Gasteiger partial charge in [0.25, 0.3) is 5.91 Å². The zero-order valence-corrected chi connectivity index (χ0v) is 15.3. The van der Waals surface area contributed by atoms with E-state index in [-0.39, 0.29) is 16.9 Å². The molecule has 0 saturated carbocycles. The highest BCUT2D eigenvalue weighted by Crippen LogP contribution is 2.37. The molecule has 0 heterocycles. The number of benzene rings is 2. The molecule has 6 heteroatoms. The van der Waals surface area contributed by atoms with Gasteiger partial charge in [-0.3, -0.25) is 9.59 Å². The molecule has 0 unspecified atom stereocenters. The second kappa shape index (κ2) is 8.03. The fourth-order valence-electron chi connectivity index (χ4n) is 2.29. The lowest BCUT2D eigenvalue weighted by molar-refractivity contribution is 0.101. The number of hydrogen-bond acceptors (Lipinski definition) is 4. The van der Waals surface area contributed by atoms with Gasteiger partial charge in [-0.2, -0.15) is 0 Å². The second-order valence-corrected chi connectivity index (χ2v) is 6.12. The molecular weight excluding hydrogens is 342 g/mol. The molecule has 0 fully saturated rings. The fraction of sp³-hybridized carbons (Fsp3) is 0.263. The summed E-state index contributed by atoms with van der Waals surface area (Å²) in [6.45, 7) is 5.19. The van der Waals surface area contributed by atoms with Crippen LogP contribution in [0.15, 0.2) is 36.4 Å². The number of carbonyl (C=O) groups is 2. The van der Waals surface area contributed by atoms with Crippen LogP contribution in [-0.2, 0) is 0 Å². The summed E-state index contributed by atoms with van der Waals surface area (Å²) < 4.78 is 10.9. The van der Waals surface area contributed by atoms with Crippen molar-refractivity contribution in [1.82, 2.24) is 0 Å². The molecule has 2 rings (SSSR count). The van der Waals surface area contributed by atoms with Gasteiger partial charge >= 0.3 is 0 Å². The molecule has 132 valence electrons. The number of hydrogen-bond donors (Lipinski definition) is 1. The Balaban J connectivity index is 2.34. The largest absolute Gasteiger partial charge is 0.493 e. The first kappa shape index (κ1) is 18.8. The summed E-state index contributed by atoms with van der Waals surface area (Å²) in [4.78, 5) is 24.2. The molecule has 0 bridgehead atoms. The van der Waals surface area contributed by atoms with Crippen LogP contribution in [-0.4, -0.2) is 24.9 Å². The van der Waals surface area contributed by atoms with Gasteiger partial charge in [-0.05, 0) is 45.0 Å². The van der Waals surface area contributed by atoms with E-state index >= 15 is 0 Å². The predicted molar refractivity (Wildman–Crippen MR) is 98.2 cm³/mol. The summed E-state index contributed by atoms with van der Waals surface area (Å²) in [6, 6.07) is 9.87. The highest BCUT2D eigenvalue weighted by atomic mass is 35.5. The number of halogens is 1. The number of Topliss-reactive ketones (excluding diaryl/α,β-unsaturated/α-hetero) is 1. The van der Waals surface area contributed by atoms with Crippen molar-refractivity contribution in [2.24, 2.45) is 0 Å². The number of carbonyl (C=O) groups excluding carboxylic acids is 2. The Bertz CT molecular complexity index is 802. The second-order valence-electron chi connectivity index (χ2n) is 5.71. The van der Waals surface area contributed by atoms with Crippen molar-refractivity contribution >= 4 is 29.0 Å². The molecule has 0 atom stereocenters. The Morgan fingerprint density at radius 2 is 1.84 bits per heavy atom. The average molecular weight is 362 g/mol. The highest BCUT2D eigenvalue weighted by Gasteiger charge is 2.18. The number of rotatable bonds is 6. The van der Waals surface area contributed by atoms with Crippen LogP contribution in [0.1, 0.15) is 41.5 Å². The number of methoxy groups -OCH3 is 1. The summed E-state index contributed by atoms with van der Waals surface area (Å²) in [5.41, 5.74) is 1.18. The molecule has 1 amide bonds. The van der Waals surface area contributed by atoms with E-state index < -0.39 is 5.91 Å². The summed E-state index contributed by atoms with van der Waals surface area (Å²) in [7, 11) is 1.48. The number of ketones is 1. The maximum atomic E-state index is 12.6. The predicted octanol–water partition coefficient (Wildman–Crippen LogP) is 4.59. The molecular formula is C19H20ClNO4. The lowest BCUT2D eigenvalue weighted by Crippen LogP contribution is -2.15. The molecule has 0 aliphatic rings. The molecule has 0 aliphatic carbocycles. The number of amides is 1. The van der Waals surface area contributed by atoms with E-state index in [4.69, 9.17) is 21.1 Å². The van der Waals surface area contributed by atoms with E-state index in [1.807, 2.05) is 13.8 Å². The van der Waals surface area contributed by atoms with Crippen LogP contribution in [0.2, 0.25) is 5.02 Å². The van der Waals surface area contributed by atoms with Crippen molar-refractivity contribution in [3.8, 4) is 11.5 Å². The first-order valence-electron chi connectivity index (χ1n) is 7.79. The first-order chi connectivity index (χ1) is 11.8. The fourth-order valence-corrected chi connectivity index (χ4v) is 2.55. The summed E-state index contributed by atoms with van der Waals surface area (Å²) in [5, 5.41) is 3.01. The maximum absolute atomic E-state index is 12.6. The minimum Gasteiger partial charge on any atom is -0.493 e. The van der Waals surface area contributed by atoms with Crippen LogP contribution >= 0.6 is 11.6 Å². The highest BCUT2D eigenvalue weighted by molar-refractivity contribution is 6.32. The normalized spacial score (nSPS) is 10.5. The van der Waals surface area contributed by atoms with Crippen molar-refractivity contribution in [1.29, 1.82) is 0 Å². The molecule has 1 N–H and O–H groups in total. The van der Waals surface area contributed by atoms with Crippen LogP contribution in [0.3, 0.4) is 0 Å². The van der Waals surface area contributed by atoms with Gasteiger partial charge in [0, 0.05) is 11.1 Å². The minimum atomic E-state index is -0.398. The smallest absolute Gasteiger partial charge is 0.255 e. The Morgan fingerprint density at radius 1 is 1.16 bits per heavy atom. The van der Waals surface area contributed by atoms with E-state index in [0.29, 0.717) is 28.3 Å². The lowest BCUT2D eigenvalue weighted by Gasteiger charge is -2.16. The van der Waals surface area contributed by atoms with Gasteiger partial charge in [-0.15, -0.1) is 0 Å². The summed E-state index contributed by atoms with van der Waals surface area (Å²) in [6.07, 6.45) is -0.0893. The zero-order chi connectivity index (χ0) is 18.6. The average Bonchev–Trinajstić information content (AvgIpc) is 2.56. The van der Waals surface area contributed by atoms with Gasteiger partial charge in [0.15, 0.2) is 17.3 Å². The number of anilines is 1. The monoisotopic (exact) mass is 361 g/mol. The van der Waals surface area contributed by atoms with Crippen molar-refractivity contribution in [2.45, 2.75) is 26.9 Å². The Morgan fingerprint density at radius 3 is 2.44 bits per heavy atom. The van der Waals surface area contributed by atoms with E-state index in [1.54, 1.807) is 30.3 Å². The zero-order valence-electron chi connectivity index (χ0n) is 14.6. The molecule has 2 aromatic carbocycles. The van der Waals surface area contributed by atoms with E-state index in [2.05, 4.69) is 5.32 Å². The van der Waals surface area contributed by atoms with Crippen molar-refractivity contribution in [3.63, 3.8) is 0 Å². The molecule has 2 aromatic rings. The third-order valence-corrected chi connectivity index (χ3v) is 3.68. The number of para-hydroxylation sites is 1. The third-order valence-electron chi connectivity index (χ3n) is 3.40. The van der Waals surface area contributed by atoms with Crippen molar-refractivity contribution < 1.29 is 19.1 Å². The standard InChI is InChI=1S/C19H20ClNO4/c1-11(2)25-18-15(20)9-13(10-17(18)24-4)19(23)21-16-8-6-5-7-14(16)12(3)22/h5-11H,1-4H3,(H,21,23). The Kier molecular flexibility index (Phi) is 6.04. The molecule has 0 spiro atoms. The summed E-state index contributed by atoms with van der Waals surface area (Å²) >= 11 is 6.25. The Hall–Kier alpha value is -2.53. The van der Waals surface area contributed by atoms with E-state index in [1.165, 1.54) is 20.1 Å². The van der Waals surface area contributed by atoms with Gasteiger partial charge in [0.05, 0.1) is 23.9 Å². The van der Waals surface area contributed by atoms with Crippen LogP contribution < -0.4 is 14.8 Å². The maximum Gasteiger partial charge on any atom is 0.255 e. The van der Waals surface area contributed by atoms with Crippen molar-refractivity contribution in [3.05, 3.63) is 52.5 Å². The minimum absolute atomic E-state index is 0.0893. The third kappa shape index (κ3) is 4.51. The molecule has 5 nitrogen and oxygen atoms in total. The van der Waals surface area contributed by atoms with Crippen molar-refractivity contribution in [2.75, 3.05) is 12.4 Å². The lowest BCUT2D eigenvalue weighted by atomic mass is 10.1. The van der Waals surface area contributed by atoms with E-state index in [9.17, 15) is 9.59 Å². The molecule has 0 aliphatic heterocycles. The van der Waals surface area contributed by atoms with Crippen LogP contribution in [0, 0.1) is 0 Å². The molecule has 25 heavy (non-hydrogen) atoms. The van der Waals surface area contributed by atoms with Gasteiger partial charge < -0.3 is 14.8 Å². The van der Waals surface area contributed by atoms with Gasteiger partial charge in [-0.1, -0.05) is 23.7 Å². The van der Waals surface area contributed by atoms with Gasteiger partial charge in [0.2, 0.25) is 0 Å². The number of ether oxygens (including phenoxy) is 2. The quantitative estimate of drug-likeness (QED) is 0.764. The molecule has 0 radical (unpaired) electrons. The van der Waals surface area contributed by atoms with Gasteiger partial charge in [-0.25, -0.2) is 0 Å².